The van der Waals surface area contributed by atoms with Gasteiger partial charge in [-0.15, -0.1) is 0 Å². The number of aliphatic hydroxyl groups is 1. The summed E-state index contributed by atoms with van der Waals surface area (Å²) in [4.78, 5) is 0. The monoisotopic (exact) mass is 241 g/mol. The lowest BCUT2D eigenvalue weighted by atomic mass is 9.69. The van der Waals surface area contributed by atoms with E-state index >= 15 is 0 Å². The van der Waals surface area contributed by atoms with Crippen LogP contribution in [0.3, 0.4) is 0 Å². The van der Waals surface area contributed by atoms with E-state index in [0.717, 1.165) is 24.5 Å². The Labute approximate surface area is 99.4 Å². The summed E-state index contributed by atoms with van der Waals surface area (Å²) < 4.78 is 26.2. The van der Waals surface area contributed by atoms with Gasteiger partial charge in [0, 0.05) is 12.0 Å². The highest BCUT2D eigenvalue weighted by Crippen LogP contribution is 2.39. The summed E-state index contributed by atoms with van der Waals surface area (Å²) in [6.45, 7) is 0.394. The predicted molar refractivity (Wildman–Crippen MR) is 61.6 cm³/mol. The minimum atomic E-state index is -0.836. The maximum atomic E-state index is 13.3. The van der Waals surface area contributed by atoms with Crippen LogP contribution < -0.4 is 5.73 Å². The molecule has 2 rings (SSSR count). The van der Waals surface area contributed by atoms with Crippen molar-refractivity contribution in [2.24, 2.45) is 5.73 Å². The van der Waals surface area contributed by atoms with Gasteiger partial charge in [-0.2, -0.15) is 0 Å². The molecular formula is C13H17F2NO. The van der Waals surface area contributed by atoms with Crippen molar-refractivity contribution in [3.63, 3.8) is 0 Å². The van der Waals surface area contributed by atoms with E-state index < -0.39 is 11.6 Å². The van der Waals surface area contributed by atoms with Crippen molar-refractivity contribution in [1.29, 1.82) is 0 Å². The number of rotatable bonds is 2. The number of nitrogens with two attached hydrogens (primary N) is 1. The van der Waals surface area contributed by atoms with E-state index in [0.29, 0.717) is 19.4 Å². The molecule has 0 unspecified atom stereocenters. The van der Waals surface area contributed by atoms with Crippen LogP contribution in [0.25, 0.3) is 0 Å². The summed E-state index contributed by atoms with van der Waals surface area (Å²) in [5.41, 5.74) is 6.24. The van der Waals surface area contributed by atoms with Crippen LogP contribution in [-0.4, -0.2) is 17.8 Å². The van der Waals surface area contributed by atoms with Crippen LogP contribution in [0.5, 0.6) is 0 Å². The van der Waals surface area contributed by atoms with Gasteiger partial charge >= 0.3 is 0 Å². The Morgan fingerprint density at radius 3 is 2.41 bits per heavy atom. The highest BCUT2D eigenvalue weighted by Gasteiger charge is 2.35. The van der Waals surface area contributed by atoms with E-state index in [9.17, 15) is 13.9 Å². The lowest BCUT2D eigenvalue weighted by molar-refractivity contribution is 0.0973. The number of halogens is 2. The third-order valence-corrected chi connectivity index (χ3v) is 3.83. The molecule has 1 saturated carbocycles. The Balaban J connectivity index is 2.31. The van der Waals surface area contributed by atoms with Gasteiger partial charge in [-0.05, 0) is 43.4 Å². The van der Waals surface area contributed by atoms with Crippen LogP contribution in [0, 0.1) is 11.6 Å². The lowest BCUT2D eigenvalue weighted by Gasteiger charge is -2.38. The van der Waals surface area contributed by atoms with Crippen molar-refractivity contribution in [3.8, 4) is 0 Å². The smallest absolute Gasteiger partial charge is 0.159 e. The fourth-order valence-electron chi connectivity index (χ4n) is 2.59. The Morgan fingerprint density at radius 1 is 1.24 bits per heavy atom. The van der Waals surface area contributed by atoms with Gasteiger partial charge in [0.05, 0.1) is 6.10 Å². The standard InChI is InChI=1S/C13H17F2NO/c14-11-2-1-9(7-12(11)15)13(8-16)5-3-10(17)4-6-13/h1-2,7,10,17H,3-6,8,16H2. The summed E-state index contributed by atoms with van der Waals surface area (Å²) in [7, 11) is 0. The van der Waals surface area contributed by atoms with Crippen LogP contribution in [0.15, 0.2) is 18.2 Å². The van der Waals surface area contributed by atoms with Crippen molar-refractivity contribution in [2.75, 3.05) is 6.54 Å². The number of benzene rings is 1. The lowest BCUT2D eigenvalue weighted by Crippen LogP contribution is -2.40. The zero-order chi connectivity index (χ0) is 12.5. The molecule has 1 aromatic carbocycles. The van der Waals surface area contributed by atoms with E-state index in [1.165, 1.54) is 6.07 Å². The molecule has 4 heteroatoms. The molecule has 3 N–H and O–H groups in total. The summed E-state index contributed by atoms with van der Waals surface area (Å²) in [6, 6.07) is 3.98. The second-order valence-corrected chi connectivity index (χ2v) is 4.84. The minimum absolute atomic E-state index is 0.292. The molecule has 0 radical (unpaired) electrons. The van der Waals surface area contributed by atoms with Crippen molar-refractivity contribution in [2.45, 2.75) is 37.2 Å². The predicted octanol–water partition coefficient (Wildman–Crippen LogP) is 2.10. The van der Waals surface area contributed by atoms with Gasteiger partial charge in [-0.25, -0.2) is 8.78 Å². The molecule has 1 aliphatic rings. The first-order valence-electron chi connectivity index (χ1n) is 5.91. The molecule has 0 amide bonds. The Kier molecular flexibility index (Phi) is 3.45. The molecule has 1 aliphatic carbocycles. The highest BCUT2D eigenvalue weighted by molar-refractivity contribution is 5.28. The molecule has 2 nitrogen and oxygen atoms in total. The SMILES string of the molecule is NCC1(c2ccc(F)c(F)c2)CCC(O)CC1. The second kappa shape index (κ2) is 4.70. The van der Waals surface area contributed by atoms with E-state index in [4.69, 9.17) is 5.73 Å². The Hall–Kier alpha value is -1.00. The zero-order valence-corrected chi connectivity index (χ0v) is 9.63. The maximum Gasteiger partial charge on any atom is 0.159 e. The summed E-state index contributed by atoms with van der Waals surface area (Å²) >= 11 is 0. The second-order valence-electron chi connectivity index (χ2n) is 4.84. The minimum Gasteiger partial charge on any atom is -0.393 e. The van der Waals surface area contributed by atoms with E-state index in [1.54, 1.807) is 6.07 Å². The number of hydrogen-bond acceptors (Lipinski definition) is 2. The van der Waals surface area contributed by atoms with Crippen LogP contribution in [0.4, 0.5) is 8.78 Å². The molecule has 94 valence electrons. The molecule has 1 fully saturated rings. The summed E-state index contributed by atoms with van der Waals surface area (Å²) in [5, 5.41) is 9.51. The average molecular weight is 241 g/mol. The van der Waals surface area contributed by atoms with Crippen molar-refractivity contribution in [1.82, 2.24) is 0 Å². The van der Waals surface area contributed by atoms with Gasteiger partial charge in [0.2, 0.25) is 0 Å². The van der Waals surface area contributed by atoms with Crippen LogP contribution in [0.2, 0.25) is 0 Å². The van der Waals surface area contributed by atoms with E-state index in [2.05, 4.69) is 0 Å². The third-order valence-electron chi connectivity index (χ3n) is 3.83. The molecule has 0 atom stereocenters. The Bertz CT molecular complexity index is 400. The fourth-order valence-corrected chi connectivity index (χ4v) is 2.59. The normalized spacial score (nSPS) is 29.3. The van der Waals surface area contributed by atoms with Crippen molar-refractivity contribution >= 4 is 0 Å². The van der Waals surface area contributed by atoms with E-state index in [1.807, 2.05) is 0 Å². The van der Waals surface area contributed by atoms with Gasteiger partial charge in [-0.1, -0.05) is 6.07 Å². The first-order valence-corrected chi connectivity index (χ1v) is 5.91. The topological polar surface area (TPSA) is 46.2 Å². The van der Waals surface area contributed by atoms with Gasteiger partial charge < -0.3 is 10.8 Å². The molecule has 0 saturated heterocycles. The van der Waals surface area contributed by atoms with Crippen molar-refractivity contribution in [3.05, 3.63) is 35.4 Å². The molecule has 0 aliphatic heterocycles. The summed E-state index contributed by atoms with van der Waals surface area (Å²) in [6.07, 6.45) is 2.47. The molecule has 0 heterocycles. The Morgan fingerprint density at radius 2 is 1.88 bits per heavy atom. The van der Waals surface area contributed by atoms with Gasteiger partial charge in [0.25, 0.3) is 0 Å². The van der Waals surface area contributed by atoms with Crippen LogP contribution in [-0.2, 0) is 5.41 Å². The maximum absolute atomic E-state index is 13.3. The average Bonchev–Trinajstić information content (AvgIpc) is 2.34. The highest BCUT2D eigenvalue weighted by atomic mass is 19.2. The molecular weight excluding hydrogens is 224 g/mol. The molecule has 0 bridgehead atoms. The van der Waals surface area contributed by atoms with Crippen LogP contribution >= 0.6 is 0 Å². The molecule has 0 aromatic heterocycles. The zero-order valence-electron chi connectivity index (χ0n) is 9.63. The molecule has 0 spiro atoms. The van der Waals surface area contributed by atoms with Gasteiger partial charge in [-0.3, -0.25) is 0 Å². The third kappa shape index (κ3) is 2.33. The van der Waals surface area contributed by atoms with Gasteiger partial charge in [0.15, 0.2) is 11.6 Å². The number of hydrogen-bond donors (Lipinski definition) is 2. The molecule has 17 heavy (non-hydrogen) atoms. The first-order chi connectivity index (χ1) is 8.07. The largest absolute Gasteiger partial charge is 0.393 e. The first kappa shape index (κ1) is 12.5. The van der Waals surface area contributed by atoms with Crippen LogP contribution in [0.1, 0.15) is 31.2 Å². The summed E-state index contributed by atoms with van der Waals surface area (Å²) in [5.74, 6) is -1.67. The van der Waals surface area contributed by atoms with Gasteiger partial charge in [0.1, 0.15) is 0 Å². The quantitative estimate of drug-likeness (QED) is 0.833. The van der Waals surface area contributed by atoms with Crippen molar-refractivity contribution < 1.29 is 13.9 Å². The molecule has 1 aromatic rings. The van der Waals surface area contributed by atoms with E-state index in [-0.39, 0.29) is 11.5 Å². The fraction of sp³-hybridized carbons (Fsp3) is 0.538. The number of aliphatic hydroxyl groups excluding tert-OH is 1.